The Hall–Kier alpha value is -4.02. The topological polar surface area (TPSA) is 0 Å². The molecular formula is C54H60S3. The lowest BCUT2D eigenvalue weighted by atomic mass is 9.87. The highest BCUT2D eigenvalue weighted by atomic mass is 32.1. The molecule has 0 saturated heterocycles. The molecule has 57 heavy (non-hydrogen) atoms. The Morgan fingerprint density at radius 1 is 0.316 bits per heavy atom. The van der Waals surface area contributed by atoms with Gasteiger partial charge in [-0.05, 0) is 106 Å². The van der Waals surface area contributed by atoms with Gasteiger partial charge in [-0.1, -0.05) is 170 Å². The second-order valence-corrected chi connectivity index (χ2v) is 18.6. The third-order valence-electron chi connectivity index (χ3n) is 11.4. The fourth-order valence-corrected chi connectivity index (χ4v) is 11.7. The molecule has 0 N–H and O–H groups in total. The van der Waals surface area contributed by atoms with Gasteiger partial charge in [0.2, 0.25) is 0 Å². The van der Waals surface area contributed by atoms with Gasteiger partial charge in [0.15, 0.2) is 0 Å². The lowest BCUT2D eigenvalue weighted by Gasteiger charge is -2.15. The fourth-order valence-electron chi connectivity index (χ4n) is 8.38. The first-order valence-electron chi connectivity index (χ1n) is 21.8. The highest BCUT2D eigenvalue weighted by molar-refractivity contribution is 7.11. The quantitative estimate of drug-likeness (QED) is 0.0635. The summed E-state index contributed by atoms with van der Waals surface area (Å²) in [6.45, 7) is 6.92. The van der Waals surface area contributed by atoms with Gasteiger partial charge in [-0.2, -0.15) is 0 Å². The van der Waals surface area contributed by atoms with Crippen molar-refractivity contribution in [1.29, 1.82) is 0 Å². The minimum atomic E-state index is 1.13. The van der Waals surface area contributed by atoms with Gasteiger partial charge >= 0.3 is 0 Å². The van der Waals surface area contributed by atoms with Crippen LogP contribution in [0.15, 0.2) is 125 Å². The molecule has 4 aromatic carbocycles. The molecule has 0 radical (unpaired) electrons. The van der Waals surface area contributed by atoms with E-state index in [2.05, 4.69) is 146 Å². The molecule has 294 valence electrons. The zero-order chi connectivity index (χ0) is 39.2. The predicted molar refractivity (Wildman–Crippen MR) is 256 cm³/mol. The maximum absolute atomic E-state index is 2.52. The molecule has 3 heterocycles. The molecule has 0 aliphatic heterocycles. The third kappa shape index (κ3) is 10.2. The van der Waals surface area contributed by atoms with E-state index in [4.69, 9.17) is 0 Å². The molecule has 3 aromatic heterocycles. The summed E-state index contributed by atoms with van der Waals surface area (Å²) in [7, 11) is 0. The average molecular weight is 805 g/mol. The molecule has 0 fully saturated rings. The standard InChI is InChI=1S/C54H60S3/c1-4-7-10-22-31-49-52(40-25-16-13-17-26-40)46(37-55-49)43-34-44(47-38-56-50(32-23-11-8-5-2)53(47)41-27-18-14-19-28-41)36-45(35-43)48-39-57-51(33-24-12-9-6-3)54(48)42-29-20-15-21-30-42/h13-21,25-30,34-39H,4-12,22-24,31-33H2,1-3H3. The Balaban J connectivity index is 1.43. The van der Waals surface area contributed by atoms with E-state index in [1.807, 2.05) is 34.0 Å². The second kappa shape index (κ2) is 21.1. The predicted octanol–water partition coefficient (Wildman–Crippen LogP) is 18.2. The number of hydrogen-bond acceptors (Lipinski definition) is 3. The number of rotatable bonds is 21. The van der Waals surface area contributed by atoms with Crippen LogP contribution in [0.5, 0.6) is 0 Å². The van der Waals surface area contributed by atoms with E-state index in [0.717, 1.165) is 19.3 Å². The van der Waals surface area contributed by atoms with Gasteiger partial charge in [0.05, 0.1) is 0 Å². The molecule has 0 aliphatic carbocycles. The number of unbranched alkanes of at least 4 members (excludes halogenated alkanes) is 9. The average Bonchev–Trinajstić information content (AvgIpc) is 4.01. The van der Waals surface area contributed by atoms with Gasteiger partial charge in [0, 0.05) is 48.0 Å². The van der Waals surface area contributed by atoms with Gasteiger partial charge in [0.1, 0.15) is 0 Å². The van der Waals surface area contributed by atoms with Crippen molar-refractivity contribution in [3.8, 4) is 66.8 Å². The molecule has 7 rings (SSSR count). The van der Waals surface area contributed by atoms with Crippen molar-refractivity contribution in [3.05, 3.63) is 140 Å². The summed E-state index contributed by atoms with van der Waals surface area (Å²) >= 11 is 5.90. The number of thiophene rings is 3. The van der Waals surface area contributed by atoms with Crippen LogP contribution in [0.1, 0.15) is 112 Å². The smallest absolute Gasteiger partial charge is 0.0130 e. The lowest BCUT2D eigenvalue weighted by molar-refractivity contribution is 0.670. The van der Waals surface area contributed by atoms with Gasteiger partial charge < -0.3 is 0 Å². The molecular weight excluding hydrogens is 745 g/mol. The zero-order valence-corrected chi connectivity index (χ0v) is 36.9. The van der Waals surface area contributed by atoms with Crippen LogP contribution in [-0.2, 0) is 19.3 Å². The molecule has 0 unspecified atom stereocenters. The number of aryl methyl sites for hydroxylation is 3. The van der Waals surface area contributed by atoms with E-state index < -0.39 is 0 Å². The second-order valence-electron chi connectivity index (χ2n) is 15.7. The van der Waals surface area contributed by atoms with Crippen molar-refractivity contribution >= 4 is 34.0 Å². The molecule has 7 aromatic rings. The first-order valence-corrected chi connectivity index (χ1v) is 24.5. The third-order valence-corrected chi connectivity index (χ3v) is 14.6. The SMILES string of the molecule is CCCCCCc1scc(-c2cc(-c3csc(CCCCCC)c3-c3ccccc3)cc(-c3csc(CCCCCC)c3-c3ccccc3)c2)c1-c1ccccc1. The normalized spacial score (nSPS) is 11.4. The maximum atomic E-state index is 2.52. The molecule has 0 spiro atoms. The van der Waals surface area contributed by atoms with Crippen molar-refractivity contribution in [2.45, 2.75) is 117 Å². The summed E-state index contributed by atoms with van der Waals surface area (Å²) in [5.41, 5.74) is 16.3. The Morgan fingerprint density at radius 2 is 0.596 bits per heavy atom. The van der Waals surface area contributed by atoms with Crippen LogP contribution in [0.3, 0.4) is 0 Å². The molecule has 0 aliphatic rings. The molecule has 0 amide bonds. The summed E-state index contributed by atoms with van der Waals surface area (Å²) in [6.07, 6.45) is 18.7. The van der Waals surface area contributed by atoms with E-state index in [0.29, 0.717) is 0 Å². The van der Waals surface area contributed by atoms with Crippen LogP contribution in [0.25, 0.3) is 66.8 Å². The van der Waals surface area contributed by atoms with Crippen LogP contribution < -0.4 is 0 Å². The van der Waals surface area contributed by atoms with Crippen LogP contribution in [0.2, 0.25) is 0 Å². The Labute approximate surface area is 355 Å². The van der Waals surface area contributed by atoms with Gasteiger partial charge in [-0.25, -0.2) is 0 Å². The molecule has 0 atom stereocenters. The minimum absolute atomic E-state index is 1.13. The van der Waals surface area contributed by atoms with Crippen molar-refractivity contribution in [3.63, 3.8) is 0 Å². The monoisotopic (exact) mass is 804 g/mol. The van der Waals surface area contributed by atoms with E-state index in [1.54, 1.807) is 0 Å². The van der Waals surface area contributed by atoms with Gasteiger partial charge in [0.25, 0.3) is 0 Å². The van der Waals surface area contributed by atoms with Crippen LogP contribution in [0.4, 0.5) is 0 Å². The number of benzene rings is 4. The number of hydrogen-bond donors (Lipinski definition) is 0. The Bertz CT molecular complexity index is 1980. The molecule has 0 bridgehead atoms. The van der Waals surface area contributed by atoms with Crippen molar-refractivity contribution < 1.29 is 0 Å². The van der Waals surface area contributed by atoms with Gasteiger partial charge in [-0.3, -0.25) is 0 Å². The molecule has 0 saturated carbocycles. The van der Waals surface area contributed by atoms with Crippen LogP contribution in [0, 0.1) is 0 Å². The van der Waals surface area contributed by atoms with E-state index >= 15 is 0 Å². The molecule has 0 nitrogen and oxygen atoms in total. The maximum Gasteiger partial charge on any atom is 0.0130 e. The fraction of sp³-hybridized carbons (Fsp3) is 0.333. The van der Waals surface area contributed by atoms with Crippen LogP contribution >= 0.6 is 34.0 Å². The summed E-state index contributed by atoms with van der Waals surface area (Å²) < 4.78 is 0. The van der Waals surface area contributed by atoms with E-state index in [-0.39, 0.29) is 0 Å². The summed E-state index contributed by atoms with van der Waals surface area (Å²) in [6, 6.07) is 41.2. The van der Waals surface area contributed by atoms with Crippen molar-refractivity contribution in [1.82, 2.24) is 0 Å². The van der Waals surface area contributed by atoms with Gasteiger partial charge in [-0.15, -0.1) is 34.0 Å². The summed E-state index contributed by atoms with van der Waals surface area (Å²) in [4.78, 5) is 4.55. The van der Waals surface area contributed by atoms with E-state index in [9.17, 15) is 0 Å². The van der Waals surface area contributed by atoms with Crippen molar-refractivity contribution in [2.24, 2.45) is 0 Å². The summed E-state index contributed by atoms with van der Waals surface area (Å²) in [5, 5.41) is 7.41. The largest absolute Gasteiger partial charge is 0.148 e. The van der Waals surface area contributed by atoms with E-state index in [1.165, 1.54) is 158 Å². The van der Waals surface area contributed by atoms with Crippen molar-refractivity contribution in [2.75, 3.05) is 0 Å². The zero-order valence-electron chi connectivity index (χ0n) is 34.5. The first-order chi connectivity index (χ1) is 28.2. The Morgan fingerprint density at radius 3 is 0.860 bits per heavy atom. The summed E-state index contributed by atoms with van der Waals surface area (Å²) in [5.74, 6) is 0. The first kappa shape index (κ1) is 41.2. The Kier molecular flexibility index (Phi) is 15.2. The highest BCUT2D eigenvalue weighted by Crippen LogP contribution is 2.48. The minimum Gasteiger partial charge on any atom is -0.148 e. The van der Waals surface area contributed by atoms with Crippen LogP contribution in [-0.4, -0.2) is 0 Å². The highest BCUT2D eigenvalue weighted by Gasteiger charge is 2.22. The lowest BCUT2D eigenvalue weighted by Crippen LogP contribution is -1.92. The molecule has 3 heteroatoms.